The van der Waals surface area contributed by atoms with Crippen molar-refractivity contribution in [1.82, 2.24) is 4.90 Å². The molecule has 0 atom stereocenters. The van der Waals surface area contributed by atoms with Crippen molar-refractivity contribution in [2.45, 2.75) is 6.92 Å². The normalized spacial score (nSPS) is 15.4. The lowest BCUT2D eigenvalue weighted by atomic mass is 10.1. The third-order valence-electron chi connectivity index (χ3n) is 4.10. The number of nitrogens with zero attached hydrogens (tertiary/aromatic N) is 3. The van der Waals surface area contributed by atoms with Crippen LogP contribution in [0, 0.1) is 17.1 Å². The zero-order valence-corrected chi connectivity index (χ0v) is 15.6. The SMILES string of the molecule is CCN1C(=O)/C(=C/c2cc(F)c(O)c(Cl)c2)N=C1/C=C/c1ccc(C#N)cc1. The van der Waals surface area contributed by atoms with E-state index in [9.17, 15) is 14.3 Å². The van der Waals surface area contributed by atoms with Crippen LogP contribution in [0.15, 0.2) is 53.2 Å². The Morgan fingerprint density at radius 3 is 2.57 bits per heavy atom. The molecular weight excluding hydrogens is 381 g/mol. The Morgan fingerprint density at radius 2 is 1.96 bits per heavy atom. The molecular formula is C21H15ClFN3O2. The average molecular weight is 396 g/mol. The summed E-state index contributed by atoms with van der Waals surface area (Å²) in [5.74, 6) is -1.37. The Balaban J connectivity index is 1.91. The van der Waals surface area contributed by atoms with E-state index < -0.39 is 11.6 Å². The lowest BCUT2D eigenvalue weighted by molar-refractivity contribution is -0.122. The van der Waals surface area contributed by atoms with Gasteiger partial charge in [-0.1, -0.05) is 29.8 Å². The van der Waals surface area contributed by atoms with Crippen LogP contribution in [-0.2, 0) is 4.79 Å². The quantitative estimate of drug-likeness (QED) is 0.781. The highest BCUT2D eigenvalue weighted by molar-refractivity contribution is 6.32. The van der Waals surface area contributed by atoms with E-state index in [1.807, 2.05) is 6.92 Å². The Bertz CT molecular complexity index is 1040. The van der Waals surface area contributed by atoms with Crippen molar-refractivity contribution in [2.24, 2.45) is 4.99 Å². The van der Waals surface area contributed by atoms with E-state index in [4.69, 9.17) is 16.9 Å². The first-order valence-electron chi connectivity index (χ1n) is 8.41. The van der Waals surface area contributed by atoms with Gasteiger partial charge in [0.15, 0.2) is 11.6 Å². The molecule has 1 N–H and O–H groups in total. The zero-order chi connectivity index (χ0) is 20.3. The maximum absolute atomic E-state index is 13.7. The zero-order valence-electron chi connectivity index (χ0n) is 14.9. The second-order valence-electron chi connectivity index (χ2n) is 5.95. The molecule has 5 nitrogen and oxygen atoms in total. The van der Waals surface area contributed by atoms with Crippen LogP contribution in [-0.4, -0.2) is 28.3 Å². The van der Waals surface area contributed by atoms with E-state index in [0.29, 0.717) is 23.5 Å². The molecule has 0 aliphatic carbocycles. The van der Waals surface area contributed by atoms with Gasteiger partial charge in [0, 0.05) is 6.54 Å². The Kier molecular flexibility index (Phi) is 5.57. The van der Waals surface area contributed by atoms with E-state index in [1.54, 1.807) is 36.4 Å². The maximum Gasteiger partial charge on any atom is 0.278 e. The molecule has 0 saturated carbocycles. The predicted molar refractivity (Wildman–Crippen MR) is 106 cm³/mol. The van der Waals surface area contributed by atoms with Crippen molar-refractivity contribution in [3.8, 4) is 11.8 Å². The molecule has 0 aromatic heterocycles. The van der Waals surface area contributed by atoms with E-state index in [-0.39, 0.29) is 16.6 Å². The maximum atomic E-state index is 13.7. The van der Waals surface area contributed by atoms with E-state index >= 15 is 0 Å². The van der Waals surface area contributed by atoms with Crippen LogP contribution >= 0.6 is 11.6 Å². The minimum Gasteiger partial charge on any atom is -0.504 e. The molecule has 1 amide bonds. The highest BCUT2D eigenvalue weighted by Crippen LogP contribution is 2.29. The molecule has 1 heterocycles. The van der Waals surface area contributed by atoms with Gasteiger partial charge >= 0.3 is 0 Å². The molecule has 7 heteroatoms. The van der Waals surface area contributed by atoms with Gasteiger partial charge in [0.25, 0.3) is 5.91 Å². The van der Waals surface area contributed by atoms with Crippen LogP contribution in [0.4, 0.5) is 4.39 Å². The number of aliphatic imine (C=N–C) groups is 1. The highest BCUT2D eigenvalue weighted by atomic mass is 35.5. The number of phenols is 1. The molecule has 140 valence electrons. The summed E-state index contributed by atoms with van der Waals surface area (Å²) in [5.41, 5.74) is 1.88. The average Bonchev–Trinajstić information content (AvgIpc) is 2.99. The summed E-state index contributed by atoms with van der Waals surface area (Å²) in [6, 6.07) is 11.5. The fourth-order valence-electron chi connectivity index (χ4n) is 2.67. The van der Waals surface area contributed by atoms with Crippen molar-refractivity contribution in [1.29, 1.82) is 5.26 Å². The van der Waals surface area contributed by atoms with Crippen molar-refractivity contribution in [2.75, 3.05) is 6.54 Å². The van der Waals surface area contributed by atoms with Gasteiger partial charge in [0.2, 0.25) is 0 Å². The topological polar surface area (TPSA) is 76.7 Å². The summed E-state index contributed by atoms with van der Waals surface area (Å²) in [7, 11) is 0. The largest absolute Gasteiger partial charge is 0.504 e. The molecule has 0 unspecified atom stereocenters. The first-order chi connectivity index (χ1) is 13.4. The van der Waals surface area contributed by atoms with E-state index in [1.165, 1.54) is 17.0 Å². The van der Waals surface area contributed by atoms with Crippen molar-refractivity contribution in [3.63, 3.8) is 0 Å². The predicted octanol–water partition coefficient (Wildman–Crippen LogP) is 4.37. The lowest BCUT2D eigenvalue weighted by Crippen LogP contribution is -2.30. The van der Waals surface area contributed by atoms with Gasteiger partial charge in [-0.15, -0.1) is 0 Å². The fraction of sp³-hybridized carbons (Fsp3) is 0.0952. The molecule has 1 aliphatic rings. The number of aromatic hydroxyl groups is 1. The lowest BCUT2D eigenvalue weighted by Gasteiger charge is -2.12. The summed E-state index contributed by atoms with van der Waals surface area (Å²) < 4.78 is 13.7. The van der Waals surface area contributed by atoms with Gasteiger partial charge < -0.3 is 5.11 Å². The standard InChI is InChI=1S/C21H15ClFN3O2/c1-2-26-19(8-7-13-3-5-14(12-24)6-4-13)25-18(21(26)28)11-15-9-16(22)20(27)17(23)10-15/h3-11,27H,2H2,1H3/b8-7+,18-11-. The van der Waals surface area contributed by atoms with E-state index in [2.05, 4.69) is 11.1 Å². The number of hydrogen-bond donors (Lipinski definition) is 1. The molecule has 28 heavy (non-hydrogen) atoms. The van der Waals surface area contributed by atoms with Gasteiger partial charge in [0.1, 0.15) is 11.5 Å². The number of rotatable bonds is 4. The molecule has 0 saturated heterocycles. The summed E-state index contributed by atoms with van der Waals surface area (Å²) in [6.45, 7) is 2.24. The van der Waals surface area contributed by atoms with E-state index in [0.717, 1.165) is 11.6 Å². The Hall–Kier alpha value is -3.43. The van der Waals surface area contributed by atoms with Gasteiger partial charge in [-0.3, -0.25) is 9.69 Å². The number of nitriles is 1. The molecule has 0 spiro atoms. The Labute approximate surface area is 166 Å². The monoisotopic (exact) mass is 395 g/mol. The number of carbonyl (C=O) groups excluding carboxylic acids is 1. The van der Waals surface area contributed by atoms with Crippen LogP contribution in [0.1, 0.15) is 23.6 Å². The minimum atomic E-state index is -0.873. The molecule has 3 rings (SSSR count). The number of likely N-dealkylation sites (N-methyl/N-ethyl adjacent to an activating group) is 1. The van der Waals surface area contributed by atoms with Crippen LogP contribution in [0.25, 0.3) is 12.2 Å². The highest BCUT2D eigenvalue weighted by Gasteiger charge is 2.27. The number of benzene rings is 2. The molecule has 0 fully saturated rings. The third-order valence-corrected chi connectivity index (χ3v) is 4.39. The first-order valence-corrected chi connectivity index (χ1v) is 8.79. The van der Waals surface area contributed by atoms with Crippen molar-refractivity contribution in [3.05, 3.63) is 75.7 Å². The Morgan fingerprint density at radius 1 is 1.25 bits per heavy atom. The summed E-state index contributed by atoms with van der Waals surface area (Å²) in [6.07, 6.45) is 4.91. The molecule has 2 aromatic carbocycles. The summed E-state index contributed by atoms with van der Waals surface area (Å²) in [5, 5.41) is 18.1. The van der Waals surface area contributed by atoms with Crippen LogP contribution < -0.4 is 0 Å². The number of hydrogen-bond acceptors (Lipinski definition) is 4. The third kappa shape index (κ3) is 3.95. The number of amidine groups is 1. The first kappa shape index (κ1) is 19.3. The fourth-order valence-corrected chi connectivity index (χ4v) is 2.88. The van der Waals surface area contributed by atoms with Crippen LogP contribution in [0.3, 0.4) is 0 Å². The van der Waals surface area contributed by atoms with Crippen LogP contribution in [0.5, 0.6) is 5.75 Å². The molecule has 1 aliphatic heterocycles. The smallest absolute Gasteiger partial charge is 0.278 e. The van der Waals surface area contributed by atoms with Gasteiger partial charge in [-0.25, -0.2) is 9.38 Å². The minimum absolute atomic E-state index is 0.141. The number of amides is 1. The second-order valence-corrected chi connectivity index (χ2v) is 6.36. The van der Waals surface area contributed by atoms with Crippen LogP contribution in [0.2, 0.25) is 5.02 Å². The van der Waals surface area contributed by atoms with Gasteiger partial charge in [-0.05, 0) is 54.5 Å². The summed E-state index contributed by atoms with van der Waals surface area (Å²) in [4.78, 5) is 18.4. The summed E-state index contributed by atoms with van der Waals surface area (Å²) >= 11 is 5.78. The number of halogens is 2. The van der Waals surface area contributed by atoms with Gasteiger partial charge in [-0.2, -0.15) is 5.26 Å². The van der Waals surface area contributed by atoms with Crippen molar-refractivity contribution < 1.29 is 14.3 Å². The molecule has 0 radical (unpaired) electrons. The van der Waals surface area contributed by atoms with Gasteiger partial charge in [0.05, 0.1) is 16.7 Å². The molecule has 0 bridgehead atoms. The number of phenolic OH excluding ortho intramolecular Hbond substituents is 1. The second kappa shape index (κ2) is 8.07. The van der Waals surface area contributed by atoms with Crippen molar-refractivity contribution >= 4 is 35.5 Å². The number of carbonyl (C=O) groups is 1. The molecule has 2 aromatic rings.